The molecular weight excluding hydrogens is 796 g/mol. The van der Waals surface area contributed by atoms with Gasteiger partial charge < -0.3 is 19.9 Å². The first-order valence-electron chi connectivity index (χ1n) is 21.2. The summed E-state index contributed by atoms with van der Waals surface area (Å²) in [5, 5.41) is 10.4. The van der Waals surface area contributed by atoms with Crippen molar-refractivity contribution >= 4 is 52.4 Å². The van der Waals surface area contributed by atoms with Crippen LogP contribution >= 0.6 is 0 Å². The van der Waals surface area contributed by atoms with Crippen molar-refractivity contribution < 1.29 is 33.1 Å². The number of ketones is 1. The zero-order chi connectivity index (χ0) is 42.7. The number of nitrogens with zero attached hydrogens (tertiary/aromatic N) is 8. The number of Topliss-reactive ketones (excluding diaryl/α,β-unsaturated/α-hetero) is 1. The summed E-state index contributed by atoms with van der Waals surface area (Å²) in [4.78, 5) is 80.5. The van der Waals surface area contributed by atoms with E-state index < -0.39 is 29.7 Å². The van der Waals surface area contributed by atoms with Gasteiger partial charge in [-0.3, -0.25) is 39.1 Å². The molecule has 17 heteroatoms. The van der Waals surface area contributed by atoms with Gasteiger partial charge in [-0.25, -0.2) is 18.9 Å². The number of hydrogen-bond acceptors (Lipinski definition) is 13. The van der Waals surface area contributed by atoms with E-state index in [1.54, 1.807) is 36.5 Å². The third kappa shape index (κ3) is 8.37. The van der Waals surface area contributed by atoms with Gasteiger partial charge in [0.2, 0.25) is 11.8 Å². The fourth-order valence-electron chi connectivity index (χ4n) is 8.89. The first kappa shape index (κ1) is 40.8. The summed E-state index contributed by atoms with van der Waals surface area (Å²) in [7, 11) is 0. The fourth-order valence-corrected chi connectivity index (χ4v) is 8.89. The molecule has 7 heterocycles. The molecule has 0 spiro atoms. The molecule has 0 bridgehead atoms. The van der Waals surface area contributed by atoms with Crippen molar-refractivity contribution in [1.29, 1.82) is 0 Å². The van der Waals surface area contributed by atoms with E-state index in [0.29, 0.717) is 50.5 Å². The number of piperidine rings is 1. The second-order valence-electron chi connectivity index (χ2n) is 16.0. The van der Waals surface area contributed by atoms with E-state index in [1.807, 2.05) is 40.9 Å². The maximum atomic E-state index is 14.1. The second kappa shape index (κ2) is 17.8. The second-order valence-corrected chi connectivity index (χ2v) is 16.0. The summed E-state index contributed by atoms with van der Waals surface area (Å²) in [5.41, 5.74) is 4.07. The van der Waals surface area contributed by atoms with Crippen LogP contribution in [0.15, 0.2) is 79.0 Å². The minimum atomic E-state index is -1.03. The van der Waals surface area contributed by atoms with Crippen LogP contribution in [0, 0.1) is 5.82 Å². The Labute approximate surface area is 357 Å². The number of fused-ring (bicyclic) bond motifs is 2. The van der Waals surface area contributed by atoms with Crippen molar-refractivity contribution in [1.82, 2.24) is 34.7 Å². The molecule has 3 fully saturated rings. The number of imidazole rings is 1. The molecule has 320 valence electrons. The van der Waals surface area contributed by atoms with Crippen LogP contribution in [0.4, 0.5) is 21.7 Å². The highest BCUT2D eigenvalue weighted by molar-refractivity contribution is 6.25. The molecule has 2 N–H and O–H groups in total. The molecule has 2 aromatic carbocycles. The number of nitrogens with one attached hydrogen (secondary N) is 2. The molecule has 2 atom stereocenters. The van der Waals surface area contributed by atoms with Crippen LogP contribution in [0.3, 0.4) is 0 Å². The van der Waals surface area contributed by atoms with Gasteiger partial charge in [0.15, 0.2) is 5.65 Å². The van der Waals surface area contributed by atoms with Crippen LogP contribution in [-0.4, -0.2) is 124 Å². The molecule has 0 radical (unpaired) electrons. The third-order valence-electron chi connectivity index (χ3n) is 12.0. The Morgan fingerprint density at radius 2 is 1.71 bits per heavy atom. The summed E-state index contributed by atoms with van der Waals surface area (Å²) in [6.45, 7) is 5.19. The summed E-state index contributed by atoms with van der Waals surface area (Å²) in [6, 6.07) is 20.6. The predicted molar refractivity (Wildman–Crippen MR) is 227 cm³/mol. The summed E-state index contributed by atoms with van der Waals surface area (Å²) >= 11 is 0. The van der Waals surface area contributed by atoms with Crippen molar-refractivity contribution in [2.45, 2.75) is 50.6 Å². The number of hydrogen-bond donors (Lipinski definition) is 2. The number of rotatable bonds is 15. The van der Waals surface area contributed by atoms with Crippen molar-refractivity contribution in [3.05, 3.63) is 102 Å². The SMILES string of the molecule is O=C(CCCOCCNc1cccc2c1C(=O)N(C1CCC(=O)NC1=O)C2=O)CN1CCN(c2cccc(-c3cnc4ccc(N5CCC[C@@H]5c5cccc(F)c5)nn34)n2)CC1. The van der Waals surface area contributed by atoms with Crippen molar-refractivity contribution in [2.75, 3.05) is 74.1 Å². The Bertz CT molecular complexity index is 2540. The molecule has 0 saturated carbocycles. The number of amides is 4. The standard InChI is InChI=1S/C45H47FN10O6/c46-30-7-1-6-29(26-30)35-12-4-19-54(35)40-16-15-38-48-27-37(56(38)51-40)33-10-3-13-39(49-33)53-22-20-52(21-23-53)28-31(57)8-5-24-62-25-18-47-34-11-2-9-32-42(34)45(61)55(44(32)60)36-14-17-41(58)50-43(36)59/h1-3,6-7,9-11,13,15-16,26-27,35-36,47H,4-5,8,12,14,17-25,28H2,(H,50,58,59)/t35-,36?/m1/s1. The van der Waals surface area contributed by atoms with Crippen LogP contribution < -0.4 is 20.4 Å². The smallest absolute Gasteiger partial charge is 0.264 e. The van der Waals surface area contributed by atoms with E-state index in [1.165, 1.54) is 6.07 Å². The van der Waals surface area contributed by atoms with Crippen LogP contribution in [0.1, 0.15) is 70.8 Å². The van der Waals surface area contributed by atoms with Crippen molar-refractivity contribution in [3.8, 4) is 11.4 Å². The molecule has 4 aliphatic rings. The van der Waals surface area contributed by atoms with E-state index >= 15 is 0 Å². The van der Waals surface area contributed by atoms with Gasteiger partial charge in [-0.1, -0.05) is 24.3 Å². The van der Waals surface area contributed by atoms with Gasteiger partial charge in [-0.15, -0.1) is 5.10 Å². The highest BCUT2D eigenvalue weighted by Crippen LogP contribution is 2.36. The molecule has 4 amide bonds. The average Bonchev–Trinajstić information content (AvgIpc) is 4.00. The fraction of sp³-hybridized carbons (Fsp3) is 0.378. The van der Waals surface area contributed by atoms with Crippen molar-refractivity contribution in [3.63, 3.8) is 0 Å². The van der Waals surface area contributed by atoms with E-state index in [-0.39, 0.29) is 41.6 Å². The van der Waals surface area contributed by atoms with Crippen LogP contribution in [0.25, 0.3) is 17.0 Å². The summed E-state index contributed by atoms with van der Waals surface area (Å²) in [5.74, 6) is -0.633. The monoisotopic (exact) mass is 842 g/mol. The lowest BCUT2D eigenvalue weighted by Gasteiger charge is -2.35. The first-order valence-corrected chi connectivity index (χ1v) is 21.2. The number of piperazine rings is 1. The predicted octanol–water partition coefficient (Wildman–Crippen LogP) is 4.27. The van der Waals surface area contributed by atoms with Gasteiger partial charge >= 0.3 is 0 Å². The Morgan fingerprint density at radius 1 is 0.871 bits per heavy atom. The van der Waals surface area contributed by atoms with E-state index in [9.17, 15) is 28.4 Å². The number of pyridine rings is 1. The number of imide groups is 2. The number of aromatic nitrogens is 4. The highest BCUT2D eigenvalue weighted by Gasteiger charge is 2.45. The number of benzene rings is 2. The molecule has 1 unspecified atom stereocenters. The topological polar surface area (TPSA) is 175 Å². The molecule has 16 nitrogen and oxygen atoms in total. The first-order chi connectivity index (χ1) is 30.2. The van der Waals surface area contributed by atoms with Crippen LogP contribution in [-0.2, 0) is 19.1 Å². The van der Waals surface area contributed by atoms with Gasteiger partial charge in [0.25, 0.3) is 11.8 Å². The number of carbonyl (C=O) groups excluding carboxylic acids is 5. The van der Waals surface area contributed by atoms with Gasteiger partial charge in [0.05, 0.1) is 42.2 Å². The van der Waals surface area contributed by atoms with Crippen LogP contribution in [0.5, 0.6) is 0 Å². The lowest BCUT2D eigenvalue weighted by molar-refractivity contribution is -0.136. The zero-order valence-corrected chi connectivity index (χ0v) is 34.2. The zero-order valence-electron chi connectivity index (χ0n) is 34.2. The average molecular weight is 843 g/mol. The molecule has 9 rings (SSSR count). The van der Waals surface area contributed by atoms with Gasteiger partial charge in [0, 0.05) is 64.4 Å². The molecular formula is C45H47FN10O6. The third-order valence-corrected chi connectivity index (χ3v) is 12.0. The maximum absolute atomic E-state index is 14.1. The lowest BCUT2D eigenvalue weighted by Crippen LogP contribution is -2.54. The Morgan fingerprint density at radius 3 is 2.55 bits per heavy atom. The molecule has 5 aromatic rings. The van der Waals surface area contributed by atoms with Gasteiger partial charge in [-0.05, 0) is 79.8 Å². The van der Waals surface area contributed by atoms with Gasteiger partial charge in [-0.2, -0.15) is 0 Å². The summed E-state index contributed by atoms with van der Waals surface area (Å²) < 4.78 is 21.7. The molecule has 3 aromatic heterocycles. The quantitative estimate of drug-likeness (QED) is 0.113. The minimum absolute atomic E-state index is 0.0466. The Balaban J connectivity index is 0.715. The molecule has 0 aliphatic carbocycles. The van der Waals surface area contributed by atoms with Crippen molar-refractivity contribution in [2.24, 2.45) is 0 Å². The number of carbonyl (C=O) groups is 5. The van der Waals surface area contributed by atoms with E-state index in [2.05, 4.69) is 30.3 Å². The Kier molecular flexibility index (Phi) is 11.7. The number of halogens is 1. The molecule has 3 saturated heterocycles. The maximum Gasteiger partial charge on any atom is 0.264 e. The molecule has 62 heavy (non-hydrogen) atoms. The van der Waals surface area contributed by atoms with E-state index in [4.69, 9.17) is 14.8 Å². The van der Waals surface area contributed by atoms with Gasteiger partial charge in [0.1, 0.15) is 35.0 Å². The number of ether oxygens (including phenoxy) is 1. The Hall–Kier alpha value is -6.59. The lowest BCUT2D eigenvalue weighted by atomic mass is 10.0. The molecule has 4 aliphatic heterocycles. The van der Waals surface area contributed by atoms with E-state index in [0.717, 1.165) is 79.1 Å². The largest absolute Gasteiger partial charge is 0.382 e. The van der Waals surface area contributed by atoms with Crippen LogP contribution in [0.2, 0.25) is 0 Å². The number of anilines is 3. The normalized spacial score (nSPS) is 19.4. The minimum Gasteiger partial charge on any atom is -0.382 e. The highest BCUT2D eigenvalue weighted by atomic mass is 19.1. The summed E-state index contributed by atoms with van der Waals surface area (Å²) in [6.07, 6.45) is 4.83.